The van der Waals surface area contributed by atoms with Crippen LogP contribution in [0.5, 0.6) is 0 Å². The van der Waals surface area contributed by atoms with E-state index in [1.807, 2.05) is 6.92 Å². The zero-order chi connectivity index (χ0) is 16.2. The van der Waals surface area contributed by atoms with Gasteiger partial charge in [-0.05, 0) is 37.9 Å². The first kappa shape index (κ1) is 16.3. The number of carbonyl (C=O) groups is 1. The second-order valence-corrected chi connectivity index (χ2v) is 7.10. The second-order valence-electron chi connectivity index (χ2n) is 7.10. The van der Waals surface area contributed by atoms with Gasteiger partial charge in [-0.3, -0.25) is 4.90 Å². The van der Waals surface area contributed by atoms with Gasteiger partial charge in [0.15, 0.2) is 0 Å². The van der Waals surface area contributed by atoms with Gasteiger partial charge in [-0.2, -0.15) is 0 Å². The molecular formula is C19H28N2O2. The van der Waals surface area contributed by atoms with Crippen LogP contribution >= 0.6 is 0 Å². The number of amides is 1. The van der Waals surface area contributed by atoms with E-state index in [-0.39, 0.29) is 12.2 Å². The summed E-state index contributed by atoms with van der Waals surface area (Å²) in [6.07, 6.45) is 6.63. The molecule has 4 heteroatoms. The largest absolute Gasteiger partial charge is 0.444 e. The van der Waals surface area contributed by atoms with Crippen molar-refractivity contribution in [2.45, 2.75) is 64.3 Å². The van der Waals surface area contributed by atoms with Crippen molar-refractivity contribution in [3.63, 3.8) is 0 Å². The maximum absolute atomic E-state index is 11.7. The van der Waals surface area contributed by atoms with Crippen LogP contribution in [-0.4, -0.2) is 41.6 Å². The average molecular weight is 316 g/mol. The predicted octanol–water partition coefficient (Wildman–Crippen LogP) is 3.79. The van der Waals surface area contributed by atoms with Crippen LogP contribution in [0.15, 0.2) is 24.3 Å². The number of cyclic esters (lactones) is 1. The lowest BCUT2D eigenvalue weighted by molar-refractivity contribution is 0.137. The molecule has 0 unspecified atom stereocenters. The summed E-state index contributed by atoms with van der Waals surface area (Å²) in [4.78, 5) is 15.9. The Morgan fingerprint density at radius 3 is 2.39 bits per heavy atom. The van der Waals surface area contributed by atoms with Crippen molar-refractivity contribution in [3.8, 4) is 0 Å². The van der Waals surface area contributed by atoms with Crippen molar-refractivity contribution >= 4 is 6.09 Å². The van der Waals surface area contributed by atoms with Crippen molar-refractivity contribution < 1.29 is 9.53 Å². The molecule has 1 aliphatic heterocycles. The maximum Gasteiger partial charge on any atom is 0.410 e. The Hall–Kier alpha value is -1.55. The molecule has 1 saturated heterocycles. The van der Waals surface area contributed by atoms with E-state index in [9.17, 15) is 4.79 Å². The van der Waals surface area contributed by atoms with Gasteiger partial charge in [0, 0.05) is 19.1 Å². The van der Waals surface area contributed by atoms with Gasteiger partial charge in [-0.1, -0.05) is 43.5 Å². The molecule has 2 aliphatic rings. The highest BCUT2D eigenvalue weighted by Crippen LogP contribution is 2.23. The summed E-state index contributed by atoms with van der Waals surface area (Å²) >= 11 is 0. The highest BCUT2D eigenvalue weighted by molar-refractivity contribution is 5.69. The van der Waals surface area contributed by atoms with E-state index in [0.717, 1.165) is 12.6 Å². The summed E-state index contributed by atoms with van der Waals surface area (Å²) in [6.45, 7) is 4.27. The minimum absolute atomic E-state index is 0.00548. The first-order valence-corrected chi connectivity index (χ1v) is 8.85. The fraction of sp³-hybridized carbons (Fsp3) is 0.632. The first-order valence-electron chi connectivity index (χ1n) is 8.85. The Balaban J connectivity index is 1.53. The van der Waals surface area contributed by atoms with Crippen molar-refractivity contribution in [2.24, 2.45) is 0 Å². The van der Waals surface area contributed by atoms with E-state index in [0.29, 0.717) is 13.1 Å². The predicted molar refractivity (Wildman–Crippen MR) is 91.1 cm³/mol. The van der Waals surface area contributed by atoms with Gasteiger partial charge in [0.05, 0.1) is 6.54 Å². The normalized spacial score (nSPS) is 22.7. The van der Waals surface area contributed by atoms with E-state index in [1.54, 1.807) is 4.90 Å². The third-order valence-electron chi connectivity index (χ3n) is 5.06. The fourth-order valence-electron chi connectivity index (χ4n) is 3.71. The number of nitrogens with zero attached hydrogens (tertiary/aromatic N) is 2. The molecule has 126 valence electrons. The molecule has 3 rings (SSSR count). The van der Waals surface area contributed by atoms with E-state index in [2.05, 4.69) is 36.2 Å². The van der Waals surface area contributed by atoms with Crippen LogP contribution in [0.2, 0.25) is 0 Å². The van der Waals surface area contributed by atoms with Crippen LogP contribution < -0.4 is 0 Å². The minimum Gasteiger partial charge on any atom is -0.444 e. The Labute approximate surface area is 139 Å². The third kappa shape index (κ3) is 4.25. The van der Waals surface area contributed by atoms with Crippen LogP contribution in [0, 0.1) is 0 Å². The molecule has 1 aliphatic carbocycles. The lowest BCUT2D eigenvalue weighted by Crippen LogP contribution is -2.32. The van der Waals surface area contributed by atoms with Crippen LogP contribution in [-0.2, 0) is 17.8 Å². The molecule has 1 atom stereocenters. The molecule has 4 nitrogen and oxygen atoms in total. The highest BCUT2D eigenvalue weighted by Gasteiger charge is 2.27. The molecule has 1 saturated carbocycles. The molecule has 0 radical (unpaired) electrons. The molecule has 0 aromatic heterocycles. The lowest BCUT2D eigenvalue weighted by Gasteiger charge is -2.31. The van der Waals surface area contributed by atoms with Crippen LogP contribution in [0.25, 0.3) is 0 Å². The molecule has 23 heavy (non-hydrogen) atoms. The van der Waals surface area contributed by atoms with E-state index >= 15 is 0 Å². The summed E-state index contributed by atoms with van der Waals surface area (Å²) < 4.78 is 5.17. The standard InChI is InChI=1S/C19H28N2O2/c1-15-12-21(19(22)23-15)14-17-10-8-16(9-11-17)13-20(2)18-6-4-3-5-7-18/h8-11,15,18H,3-7,12-14H2,1-2H3/t15-/m1/s1. The number of hydrogen-bond donors (Lipinski definition) is 0. The Bertz CT molecular complexity index is 523. The molecule has 1 aromatic rings. The molecule has 0 bridgehead atoms. The van der Waals surface area contributed by atoms with Gasteiger partial charge in [0.25, 0.3) is 0 Å². The third-order valence-corrected chi connectivity index (χ3v) is 5.06. The van der Waals surface area contributed by atoms with E-state index in [1.165, 1.54) is 43.2 Å². The molecule has 0 spiro atoms. The molecule has 1 aromatic carbocycles. The summed E-state index contributed by atoms with van der Waals surface area (Å²) in [5.41, 5.74) is 2.51. The van der Waals surface area contributed by atoms with Crippen molar-refractivity contribution in [1.82, 2.24) is 9.80 Å². The van der Waals surface area contributed by atoms with Crippen LogP contribution in [0.3, 0.4) is 0 Å². The zero-order valence-electron chi connectivity index (χ0n) is 14.3. The first-order chi connectivity index (χ1) is 11.1. The zero-order valence-corrected chi connectivity index (χ0v) is 14.3. The molecule has 2 fully saturated rings. The SMILES string of the molecule is C[C@@H]1CN(Cc2ccc(CN(C)C3CCCCC3)cc2)C(=O)O1. The summed E-state index contributed by atoms with van der Waals surface area (Å²) in [5.74, 6) is 0. The number of ether oxygens (including phenoxy) is 1. The molecule has 1 amide bonds. The molecule has 0 N–H and O–H groups in total. The maximum atomic E-state index is 11.7. The summed E-state index contributed by atoms with van der Waals surface area (Å²) in [7, 11) is 2.24. The Kier molecular flexibility index (Phi) is 5.21. The van der Waals surface area contributed by atoms with Gasteiger partial charge in [-0.25, -0.2) is 4.79 Å². The Morgan fingerprint density at radius 2 is 1.78 bits per heavy atom. The molecule has 1 heterocycles. The van der Waals surface area contributed by atoms with E-state index in [4.69, 9.17) is 4.74 Å². The van der Waals surface area contributed by atoms with Gasteiger partial charge >= 0.3 is 6.09 Å². The fourth-order valence-corrected chi connectivity index (χ4v) is 3.71. The van der Waals surface area contributed by atoms with Crippen molar-refractivity contribution in [3.05, 3.63) is 35.4 Å². The molecular weight excluding hydrogens is 288 g/mol. The van der Waals surface area contributed by atoms with E-state index < -0.39 is 0 Å². The summed E-state index contributed by atoms with van der Waals surface area (Å²) in [5, 5.41) is 0. The van der Waals surface area contributed by atoms with Crippen LogP contribution in [0.4, 0.5) is 4.79 Å². The van der Waals surface area contributed by atoms with Gasteiger partial charge in [0.2, 0.25) is 0 Å². The average Bonchev–Trinajstić information content (AvgIpc) is 2.87. The topological polar surface area (TPSA) is 32.8 Å². The monoisotopic (exact) mass is 316 g/mol. The Morgan fingerprint density at radius 1 is 1.13 bits per heavy atom. The highest BCUT2D eigenvalue weighted by atomic mass is 16.6. The quantitative estimate of drug-likeness (QED) is 0.828. The summed E-state index contributed by atoms with van der Waals surface area (Å²) in [6, 6.07) is 9.41. The number of hydrogen-bond acceptors (Lipinski definition) is 3. The minimum atomic E-state index is -0.196. The number of carbonyl (C=O) groups excluding carboxylic acids is 1. The number of benzene rings is 1. The van der Waals surface area contributed by atoms with Gasteiger partial charge in [0.1, 0.15) is 6.10 Å². The second kappa shape index (κ2) is 7.35. The van der Waals surface area contributed by atoms with Gasteiger partial charge < -0.3 is 9.64 Å². The van der Waals surface area contributed by atoms with Gasteiger partial charge in [-0.15, -0.1) is 0 Å². The van der Waals surface area contributed by atoms with Crippen molar-refractivity contribution in [2.75, 3.05) is 13.6 Å². The smallest absolute Gasteiger partial charge is 0.410 e. The van der Waals surface area contributed by atoms with Crippen molar-refractivity contribution in [1.29, 1.82) is 0 Å². The number of rotatable bonds is 5. The van der Waals surface area contributed by atoms with Crippen LogP contribution in [0.1, 0.15) is 50.2 Å². The lowest BCUT2D eigenvalue weighted by atomic mass is 9.94.